The highest BCUT2D eigenvalue weighted by Gasteiger charge is 2.73. The zero-order chi connectivity index (χ0) is 26.1. The maximum Gasteiger partial charge on any atom is 0.435 e. The van der Waals surface area contributed by atoms with Crippen molar-refractivity contribution >= 4 is 28.8 Å². The number of hydrogen-bond donors (Lipinski definition) is 2. The van der Waals surface area contributed by atoms with Crippen LogP contribution in [0.2, 0.25) is 5.02 Å². The van der Waals surface area contributed by atoms with E-state index in [2.05, 4.69) is 10.5 Å². The lowest BCUT2D eigenvalue weighted by Gasteiger charge is -2.31. The van der Waals surface area contributed by atoms with E-state index in [-0.39, 0.29) is 33.9 Å². The molecule has 5 nitrogen and oxygen atoms in total. The van der Waals surface area contributed by atoms with Crippen LogP contribution in [0.15, 0.2) is 41.7 Å². The van der Waals surface area contributed by atoms with Gasteiger partial charge in [0.2, 0.25) is 0 Å². The molecular weight excluding hydrogens is 495 g/mol. The van der Waals surface area contributed by atoms with Crippen LogP contribution in [0.1, 0.15) is 32.6 Å². The average Bonchev–Trinajstić information content (AvgIpc) is 2.73. The third kappa shape index (κ3) is 5.07. The quantitative estimate of drug-likeness (QED) is 0.339. The van der Waals surface area contributed by atoms with Crippen LogP contribution in [0.4, 0.5) is 36.4 Å². The Hall–Kier alpha value is -2.99. The molecule has 0 fully saturated rings. The molecule has 13 heteroatoms. The van der Waals surface area contributed by atoms with Gasteiger partial charge in [-0.25, -0.2) is 4.39 Å². The topological polar surface area (TPSA) is 84.5 Å². The first-order valence-electron chi connectivity index (χ1n) is 9.35. The monoisotopic (exact) mass is 511 g/mol. The van der Waals surface area contributed by atoms with Crippen molar-refractivity contribution in [3.05, 3.63) is 74.3 Å². The number of nitrogens with one attached hydrogen (secondary N) is 1. The van der Waals surface area contributed by atoms with Gasteiger partial charge in [-0.3, -0.25) is 4.79 Å². The predicted octanol–water partition coefficient (Wildman–Crippen LogP) is 6.56. The highest BCUT2D eigenvalue weighted by molar-refractivity contribution is 6.34. The fourth-order valence-corrected chi connectivity index (χ4v) is 3.43. The second-order valence-corrected chi connectivity index (χ2v) is 7.66. The molecule has 0 aliphatic rings. The molecule has 0 radical (unpaired) electrons. The molecule has 0 aliphatic heterocycles. The molecule has 0 aliphatic carbocycles. The molecule has 0 atom stereocenters. The number of anilines is 1. The number of benzene rings is 2. The number of aryl methyl sites for hydroxylation is 2. The third-order valence-corrected chi connectivity index (χ3v) is 5.30. The zero-order valence-electron chi connectivity index (χ0n) is 17.5. The molecule has 1 amide bonds. The Morgan fingerprint density at radius 3 is 2.00 bits per heavy atom. The van der Waals surface area contributed by atoms with E-state index in [0.717, 1.165) is 0 Å². The van der Waals surface area contributed by atoms with Crippen molar-refractivity contribution in [3.8, 4) is 0 Å². The molecule has 0 bridgehead atoms. The number of nitrogens with two attached hydrogens (primary N) is 1. The van der Waals surface area contributed by atoms with Crippen LogP contribution in [0.25, 0.3) is 5.57 Å². The largest absolute Gasteiger partial charge is 0.435 e. The standard InChI is InChI=1S/C21H17ClF7N3O2/c1-10-5-14(19(23,20(24,25)26)21(27,28)29)6-11(2)17(10)31-9-13(8-30)12-3-4-16(22)15(7-12)18(33)32-34/h3-7,9,31H,8,30H2,1-2H3/b13-9+. The van der Waals surface area contributed by atoms with Crippen molar-refractivity contribution in [1.29, 1.82) is 0 Å². The van der Waals surface area contributed by atoms with Crippen LogP contribution in [-0.2, 0) is 5.67 Å². The van der Waals surface area contributed by atoms with Gasteiger partial charge in [0.15, 0.2) is 0 Å². The lowest BCUT2D eigenvalue weighted by Crippen LogP contribution is -2.50. The van der Waals surface area contributed by atoms with E-state index in [9.17, 15) is 40.4 Å². The van der Waals surface area contributed by atoms with E-state index in [1.165, 1.54) is 38.2 Å². The van der Waals surface area contributed by atoms with E-state index in [0.29, 0.717) is 23.3 Å². The van der Waals surface area contributed by atoms with Crippen molar-refractivity contribution in [2.24, 2.45) is 10.9 Å². The Morgan fingerprint density at radius 1 is 1.03 bits per heavy atom. The van der Waals surface area contributed by atoms with E-state index < -0.39 is 29.5 Å². The van der Waals surface area contributed by atoms with Crippen molar-refractivity contribution < 1.29 is 35.5 Å². The van der Waals surface area contributed by atoms with Gasteiger partial charge in [0, 0.05) is 29.2 Å². The Kier molecular flexibility index (Phi) is 7.78. The number of nitrogens with zero attached hydrogens (tertiary/aromatic N) is 1. The van der Waals surface area contributed by atoms with Crippen LogP contribution in [0.5, 0.6) is 0 Å². The first-order chi connectivity index (χ1) is 15.6. The van der Waals surface area contributed by atoms with Crippen molar-refractivity contribution in [3.63, 3.8) is 0 Å². The summed E-state index contributed by atoms with van der Waals surface area (Å²) in [6, 6.07) is 4.96. The number of nitroso groups, excluding NO2 is 1. The number of amides is 1. The van der Waals surface area contributed by atoms with Gasteiger partial charge in [0.05, 0.1) is 10.6 Å². The molecule has 3 N–H and O–H groups in total. The molecule has 0 saturated carbocycles. The van der Waals surface area contributed by atoms with E-state index in [1.54, 1.807) is 0 Å². The molecule has 0 spiro atoms. The maximum atomic E-state index is 14.4. The summed E-state index contributed by atoms with van der Waals surface area (Å²) < 4.78 is 92.9. The molecule has 0 heterocycles. The summed E-state index contributed by atoms with van der Waals surface area (Å²) in [4.78, 5) is 22.1. The molecule has 0 unspecified atom stereocenters. The van der Waals surface area contributed by atoms with Gasteiger partial charge in [-0.1, -0.05) is 29.8 Å². The molecule has 2 aromatic rings. The molecule has 0 aromatic heterocycles. The van der Waals surface area contributed by atoms with Crippen molar-refractivity contribution in [2.75, 3.05) is 11.9 Å². The van der Waals surface area contributed by atoms with Crippen LogP contribution >= 0.6 is 11.6 Å². The number of rotatable bonds is 6. The first-order valence-corrected chi connectivity index (χ1v) is 9.73. The molecule has 2 rings (SSSR count). The zero-order valence-corrected chi connectivity index (χ0v) is 18.3. The molecule has 2 aromatic carbocycles. The summed E-state index contributed by atoms with van der Waals surface area (Å²) in [5, 5.41) is 4.99. The Balaban J connectivity index is 2.51. The van der Waals surface area contributed by atoms with Gasteiger partial charge in [-0.2, -0.15) is 26.3 Å². The van der Waals surface area contributed by atoms with Crippen LogP contribution in [0, 0.1) is 18.8 Å². The minimum Gasteiger partial charge on any atom is -0.361 e. The second kappa shape index (κ2) is 9.71. The summed E-state index contributed by atoms with van der Waals surface area (Å²) in [7, 11) is 0. The maximum absolute atomic E-state index is 14.4. The minimum absolute atomic E-state index is 0.0380. The highest BCUT2D eigenvalue weighted by atomic mass is 35.5. The third-order valence-electron chi connectivity index (χ3n) is 4.97. The normalized spacial score (nSPS) is 13.1. The Labute approximate surface area is 193 Å². The molecule has 184 valence electrons. The summed E-state index contributed by atoms with van der Waals surface area (Å²) in [5.41, 5.74) is -1.04. The smallest absolute Gasteiger partial charge is 0.361 e. The highest BCUT2D eigenvalue weighted by Crippen LogP contribution is 2.53. The summed E-state index contributed by atoms with van der Waals surface area (Å²) in [5.74, 6) is -1.12. The van der Waals surface area contributed by atoms with Gasteiger partial charge in [-0.15, -0.1) is 4.91 Å². The Morgan fingerprint density at radius 2 is 1.56 bits per heavy atom. The van der Waals surface area contributed by atoms with Crippen LogP contribution < -0.4 is 11.1 Å². The Bertz CT molecular complexity index is 1110. The first kappa shape index (κ1) is 27.3. The predicted molar refractivity (Wildman–Crippen MR) is 113 cm³/mol. The SMILES string of the molecule is Cc1cc(C(F)(C(F)(F)F)C(F)(F)F)cc(C)c1N/C=C(\CN)c1ccc(Cl)c(C(=O)N=O)c1. The summed E-state index contributed by atoms with van der Waals surface area (Å²) in [6.45, 7) is 2.29. The van der Waals surface area contributed by atoms with Crippen molar-refractivity contribution in [1.82, 2.24) is 0 Å². The summed E-state index contributed by atoms with van der Waals surface area (Å²) >= 11 is 5.87. The van der Waals surface area contributed by atoms with Gasteiger partial charge >= 0.3 is 23.9 Å². The number of hydrogen-bond acceptors (Lipinski definition) is 4. The second-order valence-electron chi connectivity index (χ2n) is 7.25. The lowest BCUT2D eigenvalue weighted by molar-refractivity contribution is -0.348. The average molecular weight is 512 g/mol. The molecule has 0 saturated heterocycles. The van der Waals surface area contributed by atoms with Crippen LogP contribution in [0.3, 0.4) is 0 Å². The minimum atomic E-state index is -6.23. The van der Waals surface area contributed by atoms with Gasteiger partial charge in [0.1, 0.15) is 0 Å². The number of carbonyl (C=O) groups excluding carboxylic acids is 1. The molecule has 34 heavy (non-hydrogen) atoms. The fraction of sp³-hybridized carbons (Fsp3) is 0.286. The summed E-state index contributed by atoms with van der Waals surface area (Å²) in [6.07, 6.45) is -11.2. The van der Waals surface area contributed by atoms with Crippen molar-refractivity contribution in [2.45, 2.75) is 31.9 Å². The fourth-order valence-electron chi connectivity index (χ4n) is 3.24. The van der Waals surface area contributed by atoms with Crippen LogP contribution in [-0.4, -0.2) is 24.8 Å². The lowest BCUT2D eigenvalue weighted by atomic mass is 9.90. The number of alkyl halides is 7. The number of halogens is 8. The van der Waals surface area contributed by atoms with E-state index in [4.69, 9.17) is 17.3 Å². The number of carbonyl (C=O) groups is 1. The molecular formula is C21H17ClF7N3O2. The van der Waals surface area contributed by atoms with E-state index in [1.807, 2.05) is 0 Å². The van der Waals surface area contributed by atoms with Gasteiger partial charge < -0.3 is 11.1 Å². The van der Waals surface area contributed by atoms with Gasteiger partial charge in [0.25, 0.3) is 0 Å². The van der Waals surface area contributed by atoms with E-state index >= 15 is 0 Å². The van der Waals surface area contributed by atoms with Gasteiger partial charge in [-0.05, 0) is 48.2 Å².